The first kappa shape index (κ1) is 13.1. The number of nitrogens with zero attached hydrogens (tertiary/aromatic N) is 1. The van der Waals surface area contributed by atoms with Crippen LogP contribution in [0.15, 0.2) is 12.2 Å². The number of aliphatic carboxylic acids is 1. The third-order valence-electron chi connectivity index (χ3n) is 1.48. The van der Waals surface area contributed by atoms with E-state index in [9.17, 15) is 14.4 Å². The zero-order valence-electron chi connectivity index (χ0n) is 8.10. The van der Waals surface area contributed by atoms with Crippen molar-refractivity contribution in [1.29, 1.82) is 0 Å². The van der Waals surface area contributed by atoms with E-state index < -0.39 is 17.8 Å². The summed E-state index contributed by atoms with van der Waals surface area (Å²) in [5.74, 6) is -2.54. The second kappa shape index (κ2) is 5.76. The van der Waals surface area contributed by atoms with E-state index in [-0.39, 0.29) is 25.2 Å². The number of nitrogens with two attached hydrogens (primary N) is 2. The van der Waals surface area contributed by atoms with Crippen LogP contribution in [0.3, 0.4) is 0 Å². The first-order chi connectivity index (χ1) is 6.82. The molecule has 0 aliphatic heterocycles. The van der Waals surface area contributed by atoms with Gasteiger partial charge in [0.05, 0.1) is 13.1 Å². The minimum Gasteiger partial charge on any atom is -0.478 e. The van der Waals surface area contributed by atoms with E-state index in [0.29, 0.717) is 0 Å². The molecule has 0 atom stereocenters. The van der Waals surface area contributed by atoms with Crippen LogP contribution in [0.2, 0.25) is 0 Å². The van der Waals surface area contributed by atoms with Gasteiger partial charge in [0, 0.05) is 12.1 Å². The fraction of sp³-hybridized carbons (Fsp3) is 0.375. The van der Waals surface area contributed by atoms with Crippen LogP contribution in [-0.4, -0.2) is 47.4 Å². The fourth-order valence-corrected chi connectivity index (χ4v) is 0.946. The molecule has 0 saturated heterocycles. The molecular formula is C8H13N3O4. The Morgan fingerprint density at radius 3 is 1.73 bits per heavy atom. The number of hydrogen-bond donors (Lipinski definition) is 3. The number of amides is 2. The highest BCUT2D eigenvalue weighted by Crippen LogP contribution is 1.96. The smallest absolute Gasteiger partial charge is 0.332 e. The van der Waals surface area contributed by atoms with Gasteiger partial charge < -0.3 is 16.6 Å². The standard InChI is InChI=1S/C8H13N3O4/c1-5(8(14)15)2-11(3-6(9)12)4-7(10)13/h1-4H2,(H2,9,12)(H2,10,13)(H,14,15). The summed E-state index contributed by atoms with van der Waals surface area (Å²) in [6.07, 6.45) is 0. The van der Waals surface area contributed by atoms with E-state index in [2.05, 4.69) is 6.58 Å². The number of carboxylic acid groups (broad SMARTS) is 1. The summed E-state index contributed by atoms with van der Waals surface area (Å²) in [4.78, 5) is 32.8. The van der Waals surface area contributed by atoms with Crippen molar-refractivity contribution in [2.45, 2.75) is 0 Å². The third kappa shape index (κ3) is 6.22. The lowest BCUT2D eigenvalue weighted by Gasteiger charge is -2.18. The molecule has 0 aromatic heterocycles. The maximum absolute atomic E-state index is 10.6. The Morgan fingerprint density at radius 2 is 1.47 bits per heavy atom. The minimum absolute atomic E-state index is 0.138. The van der Waals surface area contributed by atoms with Crippen LogP contribution < -0.4 is 11.5 Å². The van der Waals surface area contributed by atoms with E-state index in [4.69, 9.17) is 16.6 Å². The normalized spacial score (nSPS) is 9.93. The monoisotopic (exact) mass is 215 g/mol. The number of carboxylic acids is 1. The van der Waals surface area contributed by atoms with Crippen molar-refractivity contribution in [3.63, 3.8) is 0 Å². The number of carbonyl (C=O) groups is 3. The topological polar surface area (TPSA) is 127 Å². The van der Waals surface area contributed by atoms with Crippen molar-refractivity contribution in [3.8, 4) is 0 Å². The van der Waals surface area contributed by atoms with Gasteiger partial charge in [0.25, 0.3) is 0 Å². The largest absolute Gasteiger partial charge is 0.478 e. The molecular weight excluding hydrogens is 202 g/mol. The van der Waals surface area contributed by atoms with E-state index in [1.165, 1.54) is 4.90 Å². The van der Waals surface area contributed by atoms with Crippen LogP contribution in [0.5, 0.6) is 0 Å². The highest BCUT2D eigenvalue weighted by Gasteiger charge is 2.15. The Hall–Kier alpha value is -1.89. The molecule has 5 N–H and O–H groups in total. The highest BCUT2D eigenvalue weighted by atomic mass is 16.4. The number of primary amides is 2. The summed E-state index contributed by atoms with van der Waals surface area (Å²) in [5, 5.41) is 8.54. The van der Waals surface area contributed by atoms with Gasteiger partial charge in [-0.15, -0.1) is 0 Å². The summed E-state index contributed by atoms with van der Waals surface area (Å²) in [6.45, 7) is 2.64. The second-order valence-electron chi connectivity index (χ2n) is 2.99. The van der Waals surface area contributed by atoms with Crippen molar-refractivity contribution in [1.82, 2.24) is 4.90 Å². The molecule has 84 valence electrons. The van der Waals surface area contributed by atoms with Crippen molar-refractivity contribution >= 4 is 17.8 Å². The SMILES string of the molecule is C=C(CN(CC(N)=O)CC(N)=O)C(=O)O. The van der Waals surface area contributed by atoms with Gasteiger partial charge in [0.2, 0.25) is 11.8 Å². The maximum Gasteiger partial charge on any atom is 0.332 e. The molecule has 7 heteroatoms. The van der Waals surface area contributed by atoms with Gasteiger partial charge in [-0.3, -0.25) is 14.5 Å². The third-order valence-corrected chi connectivity index (χ3v) is 1.48. The van der Waals surface area contributed by atoms with Gasteiger partial charge in [0.15, 0.2) is 0 Å². The first-order valence-electron chi connectivity index (χ1n) is 4.03. The molecule has 0 radical (unpaired) electrons. The predicted molar refractivity (Wildman–Crippen MR) is 51.6 cm³/mol. The van der Waals surface area contributed by atoms with Crippen LogP contribution >= 0.6 is 0 Å². The molecule has 0 bridgehead atoms. The van der Waals surface area contributed by atoms with Gasteiger partial charge in [-0.1, -0.05) is 6.58 Å². The Kier molecular flexibility index (Phi) is 5.03. The van der Waals surface area contributed by atoms with E-state index in [0.717, 1.165) is 0 Å². The van der Waals surface area contributed by atoms with Crippen LogP contribution in [0, 0.1) is 0 Å². The summed E-state index contributed by atoms with van der Waals surface area (Å²) < 4.78 is 0. The lowest BCUT2D eigenvalue weighted by molar-refractivity contribution is -0.133. The molecule has 0 spiro atoms. The first-order valence-corrected chi connectivity index (χ1v) is 4.03. The number of carbonyl (C=O) groups excluding carboxylic acids is 2. The lowest BCUT2D eigenvalue weighted by atomic mass is 10.2. The molecule has 2 amide bonds. The predicted octanol–water partition coefficient (Wildman–Crippen LogP) is -2.10. The summed E-state index contributed by atoms with van der Waals surface area (Å²) in [5.41, 5.74) is 9.68. The maximum atomic E-state index is 10.6. The van der Waals surface area contributed by atoms with Gasteiger partial charge in [0.1, 0.15) is 0 Å². The zero-order chi connectivity index (χ0) is 12.0. The van der Waals surface area contributed by atoms with Crippen molar-refractivity contribution in [2.24, 2.45) is 11.5 Å². The molecule has 0 aromatic rings. The van der Waals surface area contributed by atoms with Gasteiger partial charge in [-0.2, -0.15) is 0 Å². The van der Waals surface area contributed by atoms with Gasteiger partial charge >= 0.3 is 5.97 Å². The number of hydrogen-bond acceptors (Lipinski definition) is 4. The number of rotatable bonds is 7. The lowest BCUT2D eigenvalue weighted by Crippen LogP contribution is -2.41. The summed E-state index contributed by atoms with van der Waals surface area (Å²) in [7, 11) is 0. The van der Waals surface area contributed by atoms with Crippen molar-refractivity contribution in [3.05, 3.63) is 12.2 Å². The molecule has 0 aromatic carbocycles. The second-order valence-corrected chi connectivity index (χ2v) is 2.99. The summed E-state index contributed by atoms with van der Waals surface area (Å²) >= 11 is 0. The van der Waals surface area contributed by atoms with E-state index in [1.807, 2.05) is 0 Å². The molecule has 0 heterocycles. The molecule has 15 heavy (non-hydrogen) atoms. The average Bonchev–Trinajstić information content (AvgIpc) is 2.00. The van der Waals surface area contributed by atoms with E-state index in [1.54, 1.807) is 0 Å². The molecule has 0 rings (SSSR count). The van der Waals surface area contributed by atoms with Gasteiger partial charge in [-0.05, 0) is 0 Å². The van der Waals surface area contributed by atoms with Gasteiger partial charge in [-0.25, -0.2) is 4.79 Å². The Bertz CT molecular complexity index is 284. The Morgan fingerprint density at radius 1 is 1.07 bits per heavy atom. The van der Waals surface area contributed by atoms with Crippen molar-refractivity contribution < 1.29 is 19.5 Å². The Labute approximate surface area is 86.3 Å². The molecule has 0 aliphatic rings. The van der Waals surface area contributed by atoms with E-state index >= 15 is 0 Å². The zero-order valence-corrected chi connectivity index (χ0v) is 8.10. The van der Waals surface area contributed by atoms with Crippen LogP contribution in [0.25, 0.3) is 0 Å². The quantitative estimate of drug-likeness (QED) is 0.419. The van der Waals surface area contributed by atoms with Crippen LogP contribution in [-0.2, 0) is 14.4 Å². The van der Waals surface area contributed by atoms with Crippen LogP contribution in [0.4, 0.5) is 0 Å². The Balaban J connectivity index is 4.36. The fourth-order valence-electron chi connectivity index (χ4n) is 0.946. The summed E-state index contributed by atoms with van der Waals surface area (Å²) in [6, 6.07) is 0. The van der Waals surface area contributed by atoms with Crippen LogP contribution in [0.1, 0.15) is 0 Å². The molecule has 0 fully saturated rings. The molecule has 0 unspecified atom stereocenters. The molecule has 7 nitrogen and oxygen atoms in total. The highest BCUT2D eigenvalue weighted by molar-refractivity contribution is 5.86. The molecule has 0 saturated carbocycles. The average molecular weight is 215 g/mol. The minimum atomic E-state index is -1.20. The van der Waals surface area contributed by atoms with Crippen molar-refractivity contribution in [2.75, 3.05) is 19.6 Å². The molecule has 0 aliphatic carbocycles.